The number of halogens is 2. The maximum absolute atomic E-state index is 12.2. The minimum Gasteiger partial charge on any atom is -0.326 e. The first-order valence-corrected chi connectivity index (χ1v) is 9.22. The smallest absolute Gasteiger partial charge is 0.325 e. The van der Waals surface area contributed by atoms with Crippen LogP contribution in [0.1, 0.15) is 12.0 Å². The summed E-state index contributed by atoms with van der Waals surface area (Å²) in [5.74, 6) is -0.607. The normalized spacial score (nSPS) is 18.7. The van der Waals surface area contributed by atoms with Gasteiger partial charge in [0.05, 0.1) is 22.3 Å². The molecule has 0 aromatic heterocycles. The lowest BCUT2D eigenvalue weighted by Crippen LogP contribution is -2.32. The van der Waals surface area contributed by atoms with E-state index in [1.54, 1.807) is 18.2 Å². The van der Waals surface area contributed by atoms with Crippen molar-refractivity contribution in [3.05, 3.63) is 33.8 Å². The molecule has 1 N–H and O–H groups in total. The van der Waals surface area contributed by atoms with Gasteiger partial charge in [-0.15, -0.1) is 0 Å². The van der Waals surface area contributed by atoms with Crippen LogP contribution < -0.4 is 5.32 Å². The van der Waals surface area contributed by atoms with Gasteiger partial charge in [-0.3, -0.25) is 9.69 Å². The zero-order chi connectivity index (χ0) is 16.5. The van der Waals surface area contributed by atoms with Crippen molar-refractivity contribution in [2.45, 2.75) is 19.0 Å². The van der Waals surface area contributed by atoms with E-state index in [0.717, 1.165) is 11.2 Å². The quantitative estimate of drug-likeness (QED) is 0.808. The molecule has 1 aliphatic heterocycles. The average molecular weight is 365 g/mol. The van der Waals surface area contributed by atoms with Crippen molar-refractivity contribution >= 4 is 45.0 Å². The number of urea groups is 1. The fourth-order valence-corrected chi connectivity index (χ4v) is 3.06. The van der Waals surface area contributed by atoms with Gasteiger partial charge in [-0.25, -0.2) is 13.2 Å². The lowest BCUT2D eigenvalue weighted by Gasteiger charge is -2.13. The van der Waals surface area contributed by atoms with Gasteiger partial charge in [0.15, 0.2) is 0 Å². The van der Waals surface area contributed by atoms with Crippen molar-refractivity contribution in [3.8, 4) is 0 Å². The van der Waals surface area contributed by atoms with E-state index in [4.69, 9.17) is 23.2 Å². The number of nitrogens with zero attached hydrogens (tertiary/aromatic N) is 1. The number of carbonyl (C=O) groups is 2. The maximum atomic E-state index is 12.2. The highest BCUT2D eigenvalue weighted by Gasteiger charge is 2.38. The van der Waals surface area contributed by atoms with Gasteiger partial charge in [-0.1, -0.05) is 29.3 Å². The topological polar surface area (TPSA) is 83.6 Å². The Morgan fingerprint density at radius 1 is 1.23 bits per heavy atom. The predicted octanol–water partition coefficient (Wildman–Crippen LogP) is 1.85. The summed E-state index contributed by atoms with van der Waals surface area (Å²) in [7, 11) is -3.19. The third-order valence-corrected chi connectivity index (χ3v) is 4.93. The molecule has 120 valence electrons. The first-order chi connectivity index (χ1) is 10.2. The Balaban J connectivity index is 2.07. The monoisotopic (exact) mass is 364 g/mol. The Morgan fingerprint density at radius 2 is 1.91 bits per heavy atom. The van der Waals surface area contributed by atoms with E-state index in [1.807, 2.05) is 0 Å². The molecule has 1 atom stereocenters. The molecule has 0 saturated carbocycles. The highest BCUT2D eigenvalue weighted by molar-refractivity contribution is 7.90. The van der Waals surface area contributed by atoms with Gasteiger partial charge in [-0.05, 0) is 24.1 Å². The van der Waals surface area contributed by atoms with Gasteiger partial charge in [0, 0.05) is 6.26 Å². The van der Waals surface area contributed by atoms with Crippen molar-refractivity contribution in [1.29, 1.82) is 0 Å². The summed E-state index contributed by atoms with van der Waals surface area (Å²) in [6.07, 6.45) is 1.14. The Hall–Kier alpha value is -1.31. The Morgan fingerprint density at radius 3 is 2.50 bits per heavy atom. The van der Waals surface area contributed by atoms with Crippen LogP contribution in [0.15, 0.2) is 18.2 Å². The third kappa shape index (κ3) is 4.12. The Kier molecular flexibility index (Phi) is 4.99. The van der Waals surface area contributed by atoms with Gasteiger partial charge in [0.2, 0.25) is 0 Å². The number of carbonyl (C=O) groups excluding carboxylic acids is 2. The first-order valence-electron chi connectivity index (χ1n) is 6.41. The highest BCUT2D eigenvalue weighted by Crippen LogP contribution is 2.24. The molecular formula is C13H14Cl2N2O4S. The lowest BCUT2D eigenvalue weighted by atomic mass is 10.2. The molecule has 0 aliphatic carbocycles. The van der Waals surface area contributed by atoms with Crippen molar-refractivity contribution < 1.29 is 18.0 Å². The average Bonchev–Trinajstić information content (AvgIpc) is 2.67. The van der Waals surface area contributed by atoms with E-state index in [1.165, 1.54) is 0 Å². The molecule has 2 rings (SSSR count). The molecule has 9 heteroatoms. The van der Waals surface area contributed by atoms with Crippen LogP contribution >= 0.6 is 23.2 Å². The number of sulfone groups is 1. The lowest BCUT2D eigenvalue weighted by molar-refractivity contribution is -0.127. The van der Waals surface area contributed by atoms with E-state index >= 15 is 0 Å². The second-order valence-corrected chi connectivity index (χ2v) is 8.17. The number of hydrogen-bond donors (Lipinski definition) is 1. The van der Waals surface area contributed by atoms with Crippen LogP contribution in [-0.2, 0) is 21.2 Å². The van der Waals surface area contributed by atoms with Crippen LogP contribution in [-0.4, -0.2) is 43.3 Å². The molecule has 0 spiro atoms. The standard InChI is InChI=1S/C13H14Cl2N2O4S/c1-22(20,21)5-4-11-12(18)17(13(19)16-11)7-8-2-3-9(14)10(15)6-8/h2-3,6,11H,4-5,7H2,1H3,(H,16,19)/t11-/m1/s1. The fraction of sp³-hybridized carbons (Fsp3) is 0.385. The van der Waals surface area contributed by atoms with Crippen LogP contribution in [0.3, 0.4) is 0 Å². The summed E-state index contributed by atoms with van der Waals surface area (Å²) in [6.45, 7) is 0.0525. The van der Waals surface area contributed by atoms with Gasteiger partial charge < -0.3 is 5.32 Å². The van der Waals surface area contributed by atoms with Crippen molar-refractivity contribution in [2.75, 3.05) is 12.0 Å². The first kappa shape index (κ1) is 17.1. The van der Waals surface area contributed by atoms with Crippen LogP contribution in [0.4, 0.5) is 4.79 Å². The zero-order valence-electron chi connectivity index (χ0n) is 11.7. The second kappa shape index (κ2) is 6.44. The molecule has 1 heterocycles. The van der Waals surface area contributed by atoms with Crippen molar-refractivity contribution in [1.82, 2.24) is 10.2 Å². The molecule has 1 aliphatic rings. The fourth-order valence-electron chi connectivity index (χ4n) is 2.07. The molecule has 1 saturated heterocycles. The molecule has 0 unspecified atom stereocenters. The predicted molar refractivity (Wildman–Crippen MR) is 83.7 cm³/mol. The summed E-state index contributed by atoms with van der Waals surface area (Å²) >= 11 is 11.7. The number of nitrogens with one attached hydrogen (secondary N) is 1. The van der Waals surface area contributed by atoms with Gasteiger partial charge in [0.25, 0.3) is 5.91 Å². The van der Waals surface area contributed by atoms with Crippen LogP contribution in [0, 0.1) is 0 Å². The molecular weight excluding hydrogens is 351 g/mol. The van der Waals surface area contributed by atoms with Crippen molar-refractivity contribution in [3.63, 3.8) is 0 Å². The Labute approximate surface area is 138 Å². The summed E-state index contributed by atoms with van der Waals surface area (Å²) in [5, 5.41) is 3.20. The second-order valence-electron chi connectivity index (χ2n) is 5.09. The zero-order valence-corrected chi connectivity index (χ0v) is 14.0. The third-order valence-electron chi connectivity index (χ3n) is 3.21. The van der Waals surface area contributed by atoms with E-state index in [9.17, 15) is 18.0 Å². The minimum absolute atomic E-state index is 0.0525. The van der Waals surface area contributed by atoms with Gasteiger partial charge >= 0.3 is 6.03 Å². The number of rotatable bonds is 5. The van der Waals surface area contributed by atoms with Gasteiger partial charge in [-0.2, -0.15) is 0 Å². The molecule has 22 heavy (non-hydrogen) atoms. The van der Waals surface area contributed by atoms with Crippen LogP contribution in [0.25, 0.3) is 0 Å². The molecule has 1 aromatic carbocycles. The van der Waals surface area contributed by atoms with E-state index in [-0.39, 0.29) is 18.7 Å². The molecule has 3 amide bonds. The molecule has 6 nitrogen and oxygen atoms in total. The van der Waals surface area contributed by atoms with Crippen LogP contribution in [0.5, 0.6) is 0 Å². The van der Waals surface area contributed by atoms with E-state index in [2.05, 4.69) is 5.32 Å². The summed E-state index contributed by atoms with van der Waals surface area (Å²) in [4.78, 5) is 25.1. The van der Waals surface area contributed by atoms with E-state index in [0.29, 0.717) is 15.6 Å². The van der Waals surface area contributed by atoms with E-state index < -0.39 is 27.8 Å². The minimum atomic E-state index is -3.19. The largest absolute Gasteiger partial charge is 0.326 e. The summed E-state index contributed by atoms with van der Waals surface area (Å²) in [5.41, 5.74) is 0.654. The number of benzene rings is 1. The maximum Gasteiger partial charge on any atom is 0.325 e. The SMILES string of the molecule is CS(=O)(=O)CC[C@H]1NC(=O)N(Cc2ccc(Cl)c(Cl)c2)C1=O. The summed E-state index contributed by atoms with van der Waals surface area (Å²) in [6, 6.07) is 3.46. The molecule has 1 fully saturated rings. The molecule has 0 radical (unpaired) electrons. The van der Waals surface area contributed by atoms with Crippen LogP contribution in [0.2, 0.25) is 10.0 Å². The molecule has 0 bridgehead atoms. The summed E-state index contributed by atoms with van der Waals surface area (Å²) < 4.78 is 22.3. The number of imide groups is 1. The van der Waals surface area contributed by atoms with Crippen molar-refractivity contribution in [2.24, 2.45) is 0 Å². The van der Waals surface area contributed by atoms with Gasteiger partial charge in [0.1, 0.15) is 15.9 Å². The number of hydrogen-bond acceptors (Lipinski definition) is 4. The highest BCUT2D eigenvalue weighted by atomic mass is 35.5. The number of amides is 3. The molecule has 1 aromatic rings. The Bertz CT molecular complexity index is 721.